The molecule has 0 bridgehead atoms. The van der Waals surface area contributed by atoms with Crippen LogP contribution in [0.3, 0.4) is 0 Å². The highest BCUT2D eigenvalue weighted by atomic mass is 35.5. The lowest BCUT2D eigenvalue weighted by molar-refractivity contribution is 1.13. The number of benzene rings is 1. The molecule has 0 saturated carbocycles. The van der Waals surface area contributed by atoms with Gasteiger partial charge in [-0.1, -0.05) is 41.4 Å². The second-order valence-electron chi connectivity index (χ2n) is 3.71. The van der Waals surface area contributed by atoms with Crippen LogP contribution in [0, 0.1) is 6.92 Å². The van der Waals surface area contributed by atoms with E-state index in [-0.39, 0.29) is 0 Å². The normalized spacial score (nSPS) is 10.1. The summed E-state index contributed by atoms with van der Waals surface area (Å²) in [6.45, 7) is 2.89. The minimum Gasteiger partial charge on any atom is -0.380 e. The molecule has 1 aromatic carbocycles. The summed E-state index contributed by atoms with van der Waals surface area (Å²) < 4.78 is 0. The highest BCUT2D eigenvalue weighted by Crippen LogP contribution is 2.11. The average Bonchev–Trinajstić information content (AvgIpc) is 2.28. The van der Waals surface area contributed by atoms with Gasteiger partial charge >= 0.3 is 0 Å². The maximum absolute atomic E-state index is 5.71. The number of hydrogen-bond acceptors (Lipinski definition) is 2. The van der Waals surface area contributed by atoms with Gasteiger partial charge in [-0.15, -0.1) is 0 Å². The lowest BCUT2D eigenvalue weighted by Crippen LogP contribution is -1.99. The van der Waals surface area contributed by atoms with Crippen LogP contribution in [0.1, 0.15) is 11.1 Å². The Bertz CT molecular complexity index is 466. The highest BCUT2D eigenvalue weighted by molar-refractivity contribution is 6.29. The van der Waals surface area contributed by atoms with Crippen LogP contribution in [0.25, 0.3) is 0 Å². The predicted octanol–water partition coefficient (Wildman–Crippen LogP) is 3.66. The van der Waals surface area contributed by atoms with Gasteiger partial charge in [-0.25, -0.2) is 4.98 Å². The molecular weight excluding hydrogens is 220 g/mol. The lowest BCUT2D eigenvalue weighted by atomic mass is 10.1. The van der Waals surface area contributed by atoms with Crippen molar-refractivity contribution in [1.29, 1.82) is 0 Å². The van der Waals surface area contributed by atoms with Gasteiger partial charge in [0.05, 0.1) is 11.9 Å². The van der Waals surface area contributed by atoms with Gasteiger partial charge in [0.25, 0.3) is 0 Å². The first-order valence-electron chi connectivity index (χ1n) is 5.15. The molecule has 2 nitrogen and oxygen atoms in total. The smallest absolute Gasteiger partial charge is 0.129 e. The number of anilines is 1. The molecule has 0 spiro atoms. The van der Waals surface area contributed by atoms with Gasteiger partial charge in [0, 0.05) is 6.54 Å². The molecule has 0 saturated heterocycles. The van der Waals surface area contributed by atoms with E-state index in [0.717, 1.165) is 12.2 Å². The van der Waals surface area contributed by atoms with E-state index >= 15 is 0 Å². The third-order valence-corrected chi connectivity index (χ3v) is 2.53. The molecular formula is C13H13ClN2. The number of nitrogens with zero attached hydrogens (tertiary/aromatic N) is 1. The summed E-state index contributed by atoms with van der Waals surface area (Å²) in [7, 11) is 0. The molecule has 0 fully saturated rings. The summed E-state index contributed by atoms with van der Waals surface area (Å²) in [5.74, 6) is 0. The van der Waals surface area contributed by atoms with Gasteiger partial charge in [0.2, 0.25) is 0 Å². The van der Waals surface area contributed by atoms with Crippen LogP contribution in [0.4, 0.5) is 5.69 Å². The zero-order valence-electron chi connectivity index (χ0n) is 9.07. The first kappa shape index (κ1) is 11.0. The standard InChI is InChI=1S/C13H13ClN2/c1-10-3-2-4-11(7-10)8-15-12-5-6-13(14)16-9-12/h2-7,9,15H,8H2,1H3. The van der Waals surface area contributed by atoms with E-state index in [9.17, 15) is 0 Å². The molecule has 0 aliphatic carbocycles. The molecule has 0 unspecified atom stereocenters. The van der Waals surface area contributed by atoms with Crippen molar-refractivity contribution < 1.29 is 0 Å². The fraction of sp³-hybridized carbons (Fsp3) is 0.154. The van der Waals surface area contributed by atoms with Crippen molar-refractivity contribution >= 4 is 17.3 Å². The SMILES string of the molecule is Cc1cccc(CNc2ccc(Cl)nc2)c1. The Morgan fingerprint density at radius 3 is 2.81 bits per heavy atom. The van der Waals surface area contributed by atoms with Crippen molar-refractivity contribution in [3.63, 3.8) is 0 Å². The van der Waals surface area contributed by atoms with Crippen molar-refractivity contribution in [1.82, 2.24) is 4.98 Å². The topological polar surface area (TPSA) is 24.9 Å². The molecule has 2 aromatic rings. The van der Waals surface area contributed by atoms with Gasteiger partial charge < -0.3 is 5.32 Å². The van der Waals surface area contributed by atoms with Gasteiger partial charge in [-0.05, 0) is 24.6 Å². The largest absolute Gasteiger partial charge is 0.380 e. The van der Waals surface area contributed by atoms with E-state index < -0.39 is 0 Å². The fourth-order valence-corrected chi connectivity index (χ4v) is 1.62. The van der Waals surface area contributed by atoms with Crippen molar-refractivity contribution in [2.75, 3.05) is 5.32 Å². The number of rotatable bonds is 3. The number of halogens is 1. The number of nitrogens with one attached hydrogen (secondary N) is 1. The summed E-state index contributed by atoms with van der Waals surface area (Å²) in [4.78, 5) is 4.01. The minimum atomic E-state index is 0.515. The van der Waals surface area contributed by atoms with Gasteiger partial charge in [-0.2, -0.15) is 0 Å². The molecule has 0 radical (unpaired) electrons. The Labute approximate surface area is 100 Å². The molecule has 3 heteroatoms. The monoisotopic (exact) mass is 232 g/mol. The van der Waals surface area contributed by atoms with Crippen LogP contribution >= 0.6 is 11.6 Å². The fourth-order valence-electron chi connectivity index (χ4n) is 1.51. The highest BCUT2D eigenvalue weighted by Gasteiger charge is 1.95. The van der Waals surface area contributed by atoms with Crippen molar-refractivity contribution in [3.8, 4) is 0 Å². The van der Waals surface area contributed by atoms with Crippen molar-refractivity contribution in [2.24, 2.45) is 0 Å². The van der Waals surface area contributed by atoms with Crippen LogP contribution in [0.2, 0.25) is 5.15 Å². The van der Waals surface area contributed by atoms with E-state index in [0.29, 0.717) is 5.15 Å². The maximum Gasteiger partial charge on any atom is 0.129 e. The summed E-state index contributed by atoms with van der Waals surface area (Å²) >= 11 is 5.71. The molecule has 1 heterocycles. The predicted molar refractivity (Wildman–Crippen MR) is 67.8 cm³/mol. The van der Waals surface area contributed by atoms with Crippen molar-refractivity contribution in [3.05, 3.63) is 58.9 Å². The average molecular weight is 233 g/mol. The third kappa shape index (κ3) is 2.97. The Hall–Kier alpha value is -1.54. The molecule has 1 aromatic heterocycles. The molecule has 16 heavy (non-hydrogen) atoms. The molecule has 0 atom stereocenters. The number of aromatic nitrogens is 1. The van der Waals surface area contributed by atoms with Crippen LogP contribution < -0.4 is 5.32 Å². The summed E-state index contributed by atoms with van der Waals surface area (Å²) in [6, 6.07) is 12.1. The summed E-state index contributed by atoms with van der Waals surface area (Å²) in [6.07, 6.45) is 1.73. The summed E-state index contributed by atoms with van der Waals surface area (Å²) in [5.41, 5.74) is 3.51. The Kier molecular flexibility index (Phi) is 3.42. The van der Waals surface area contributed by atoms with Gasteiger partial charge in [-0.3, -0.25) is 0 Å². The van der Waals surface area contributed by atoms with Gasteiger partial charge in [0.15, 0.2) is 0 Å². The third-order valence-electron chi connectivity index (χ3n) is 2.31. The van der Waals surface area contributed by atoms with Crippen molar-refractivity contribution in [2.45, 2.75) is 13.5 Å². The lowest BCUT2D eigenvalue weighted by Gasteiger charge is -2.06. The minimum absolute atomic E-state index is 0.515. The Balaban J connectivity index is 1.99. The molecule has 0 aliphatic rings. The molecule has 82 valence electrons. The zero-order chi connectivity index (χ0) is 11.4. The van der Waals surface area contributed by atoms with Crippen LogP contribution in [-0.4, -0.2) is 4.98 Å². The van der Waals surface area contributed by atoms with E-state index in [4.69, 9.17) is 11.6 Å². The Morgan fingerprint density at radius 2 is 2.12 bits per heavy atom. The second kappa shape index (κ2) is 4.99. The molecule has 2 rings (SSSR count). The molecule has 1 N–H and O–H groups in total. The quantitative estimate of drug-likeness (QED) is 0.817. The van der Waals surface area contributed by atoms with E-state index in [1.54, 1.807) is 12.3 Å². The van der Waals surface area contributed by atoms with E-state index in [1.807, 2.05) is 6.07 Å². The first-order valence-corrected chi connectivity index (χ1v) is 5.53. The second-order valence-corrected chi connectivity index (χ2v) is 4.10. The van der Waals surface area contributed by atoms with E-state index in [2.05, 4.69) is 41.5 Å². The van der Waals surface area contributed by atoms with E-state index in [1.165, 1.54) is 11.1 Å². The Morgan fingerprint density at radius 1 is 1.25 bits per heavy atom. The van der Waals surface area contributed by atoms with Gasteiger partial charge in [0.1, 0.15) is 5.15 Å². The number of aryl methyl sites for hydroxylation is 1. The zero-order valence-corrected chi connectivity index (χ0v) is 9.83. The van der Waals surface area contributed by atoms with Crippen LogP contribution in [0.15, 0.2) is 42.6 Å². The van der Waals surface area contributed by atoms with Crippen LogP contribution in [-0.2, 0) is 6.54 Å². The molecule has 0 aliphatic heterocycles. The summed E-state index contributed by atoms with van der Waals surface area (Å²) in [5, 5.41) is 3.81. The van der Waals surface area contributed by atoms with Crippen LogP contribution in [0.5, 0.6) is 0 Å². The first-order chi connectivity index (χ1) is 7.74. The number of pyridine rings is 1. The molecule has 0 amide bonds. The number of hydrogen-bond donors (Lipinski definition) is 1. The maximum atomic E-state index is 5.71.